The number of rotatable bonds is 2. The van der Waals surface area contributed by atoms with Crippen LogP contribution in [0.4, 0.5) is 17.6 Å². The standard InChI is InChI=1S/C16H11F4N3O/c1-8-10-6-9(17)7-11(15(21)24)13(10)23(14(8)16(18,19)20)12-4-2-3-5-22-12/h2-7H,1H3,(H2,21,24). The summed E-state index contributed by atoms with van der Waals surface area (Å²) in [5, 5.41) is -0.0400. The van der Waals surface area contributed by atoms with E-state index in [1.165, 1.54) is 25.3 Å². The smallest absolute Gasteiger partial charge is 0.366 e. The van der Waals surface area contributed by atoms with Gasteiger partial charge in [0.1, 0.15) is 17.3 Å². The number of primary amides is 1. The molecule has 0 saturated heterocycles. The van der Waals surface area contributed by atoms with Gasteiger partial charge in [-0.3, -0.25) is 9.36 Å². The van der Waals surface area contributed by atoms with Crippen LogP contribution in [0.1, 0.15) is 21.6 Å². The molecule has 3 rings (SSSR count). The van der Waals surface area contributed by atoms with Crippen LogP contribution in [0, 0.1) is 12.7 Å². The average molecular weight is 337 g/mol. The van der Waals surface area contributed by atoms with Crippen LogP contribution in [0.25, 0.3) is 16.7 Å². The van der Waals surface area contributed by atoms with Gasteiger partial charge in [0.2, 0.25) is 0 Å². The van der Waals surface area contributed by atoms with Crippen LogP contribution >= 0.6 is 0 Å². The third-order valence-electron chi connectivity index (χ3n) is 3.69. The first-order valence-electron chi connectivity index (χ1n) is 6.84. The van der Waals surface area contributed by atoms with E-state index in [1.54, 1.807) is 6.07 Å². The molecule has 0 aliphatic rings. The molecule has 0 unspecified atom stereocenters. The van der Waals surface area contributed by atoms with Gasteiger partial charge < -0.3 is 5.73 Å². The Morgan fingerprint density at radius 1 is 1.25 bits per heavy atom. The zero-order valence-electron chi connectivity index (χ0n) is 12.4. The first-order valence-corrected chi connectivity index (χ1v) is 6.84. The Kier molecular flexibility index (Phi) is 3.55. The Hall–Kier alpha value is -2.90. The van der Waals surface area contributed by atoms with Crippen LogP contribution in [-0.4, -0.2) is 15.5 Å². The van der Waals surface area contributed by atoms with Gasteiger partial charge in [-0.15, -0.1) is 0 Å². The maximum Gasteiger partial charge on any atom is 0.432 e. The molecule has 0 aliphatic carbocycles. The normalized spacial score (nSPS) is 11.9. The zero-order chi connectivity index (χ0) is 17.6. The molecule has 124 valence electrons. The van der Waals surface area contributed by atoms with Gasteiger partial charge in [0, 0.05) is 11.6 Å². The summed E-state index contributed by atoms with van der Waals surface area (Å²) >= 11 is 0. The fraction of sp³-hybridized carbons (Fsp3) is 0.125. The number of aromatic nitrogens is 2. The lowest BCUT2D eigenvalue weighted by Crippen LogP contribution is -2.17. The number of carbonyl (C=O) groups excluding carboxylic acids is 1. The molecule has 2 aromatic heterocycles. The second kappa shape index (κ2) is 5.33. The number of aryl methyl sites for hydroxylation is 1. The van der Waals surface area contributed by atoms with E-state index in [4.69, 9.17) is 5.73 Å². The number of carbonyl (C=O) groups is 1. The molecule has 3 aromatic rings. The molecule has 2 heterocycles. The molecule has 0 fully saturated rings. The maximum absolute atomic E-state index is 13.8. The van der Waals surface area contributed by atoms with Crippen LogP contribution < -0.4 is 5.73 Å². The number of benzene rings is 1. The second-order valence-corrected chi connectivity index (χ2v) is 5.21. The Morgan fingerprint density at radius 3 is 2.50 bits per heavy atom. The van der Waals surface area contributed by atoms with Crippen molar-refractivity contribution in [1.82, 2.24) is 9.55 Å². The highest BCUT2D eigenvalue weighted by Crippen LogP contribution is 2.40. The molecule has 0 radical (unpaired) electrons. The molecule has 1 aromatic carbocycles. The van der Waals surface area contributed by atoms with E-state index in [9.17, 15) is 22.4 Å². The average Bonchev–Trinajstić information content (AvgIpc) is 2.80. The van der Waals surface area contributed by atoms with Gasteiger partial charge >= 0.3 is 6.18 Å². The lowest BCUT2D eigenvalue weighted by molar-refractivity contribution is -0.142. The van der Waals surface area contributed by atoms with E-state index < -0.39 is 23.6 Å². The quantitative estimate of drug-likeness (QED) is 0.727. The van der Waals surface area contributed by atoms with E-state index in [1.807, 2.05) is 0 Å². The number of pyridine rings is 1. The minimum Gasteiger partial charge on any atom is -0.366 e. The van der Waals surface area contributed by atoms with Crippen LogP contribution in [-0.2, 0) is 6.18 Å². The van der Waals surface area contributed by atoms with Crippen molar-refractivity contribution in [3.63, 3.8) is 0 Å². The lowest BCUT2D eigenvalue weighted by atomic mass is 10.1. The van der Waals surface area contributed by atoms with E-state index in [0.29, 0.717) is 0 Å². The molecule has 0 bridgehead atoms. The van der Waals surface area contributed by atoms with Crippen molar-refractivity contribution in [3.8, 4) is 5.82 Å². The largest absolute Gasteiger partial charge is 0.432 e. The molecule has 2 N–H and O–H groups in total. The highest BCUT2D eigenvalue weighted by molar-refractivity contribution is 6.07. The predicted molar refractivity (Wildman–Crippen MR) is 79.3 cm³/mol. The Morgan fingerprint density at radius 2 is 1.96 bits per heavy atom. The summed E-state index contributed by atoms with van der Waals surface area (Å²) in [4.78, 5) is 15.6. The Bertz CT molecular complexity index is 946. The van der Waals surface area contributed by atoms with Crippen molar-refractivity contribution in [2.75, 3.05) is 0 Å². The van der Waals surface area contributed by atoms with Gasteiger partial charge in [-0.05, 0) is 36.8 Å². The summed E-state index contributed by atoms with van der Waals surface area (Å²) < 4.78 is 55.4. The van der Waals surface area contributed by atoms with Crippen molar-refractivity contribution in [2.24, 2.45) is 5.73 Å². The topological polar surface area (TPSA) is 60.9 Å². The van der Waals surface area contributed by atoms with E-state index in [-0.39, 0.29) is 27.8 Å². The number of amides is 1. The number of alkyl halides is 3. The number of nitrogens with zero attached hydrogens (tertiary/aromatic N) is 2. The lowest BCUT2D eigenvalue weighted by Gasteiger charge is -2.14. The van der Waals surface area contributed by atoms with E-state index in [0.717, 1.165) is 16.7 Å². The summed E-state index contributed by atoms with van der Waals surface area (Å²) in [6.07, 6.45) is -3.41. The van der Waals surface area contributed by atoms with Crippen molar-refractivity contribution >= 4 is 16.8 Å². The molecule has 0 aliphatic heterocycles. The first-order chi connectivity index (χ1) is 11.2. The summed E-state index contributed by atoms with van der Waals surface area (Å²) in [7, 11) is 0. The summed E-state index contributed by atoms with van der Waals surface area (Å²) in [6.45, 7) is 1.22. The maximum atomic E-state index is 13.8. The van der Waals surface area contributed by atoms with Gasteiger partial charge in [0.15, 0.2) is 0 Å². The van der Waals surface area contributed by atoms with Gasteiger partial charge in [0.05, 0.1) is 11.1 Å². The minimum atomic E-state index is -4.73. The molecule has 24 heavy (non-hydrogen) atoms. The fourth-order valence-corrected chi connectivity index (χ4v) is 2.78. The number of hydrogen-bond donors (Lipinski definition) is 1. The number of halogens is 4. The molecule has 1 amide bonds. The van der Waals surface area contributed by atoms with Crippen LogP contribution in [0.15, 0.2) is 36.5 Å². The molecule has 0 spiro atoms. The Labute approximate surface area is 133 Å². The van der Waals surface area contributed by atoms with Gasteiger partial charge in [-0.2, -0.15) is 13.2 Å². The fourth-order valence-electron chi connectivity index (χ4n) is 2.78. The molecule has 8 heteroatoms. The summed E-state index contributed by atoms with van der Waals surface area (Å²) in [6, 6.07) is 6.19. The third kappa shape index (κ3) is 2.40. The monoisotopic (exact) mass is 337 g/mol. The molecule has 4 nitrogen and oxygen atoms in total. The molecular formula is C16H11F4N3O. The number of nitrogens with two attached hydrogens (primary N) is 1. The number of fused-ring (bicyclic) bond motifs is 1. The van der Waals surface area contributed by atoms with E-state index >= 15 is 0 Å². The molecule has 0 atom stereocenters. The van der Waals surface area contributed by atoms with Crippen LogP contribution in [0.2, 0.25) is 0 Å². The Balaban J connectivity index is 2.58. The predicted octanol–water partition coefficient (Wildman–Crippen LogP) is 3.59. The zero-order valence-corrected chi connectivity index (χ0v) is 12.4. The second-order valence-electron chi connectivity index (χ2n) is 5.21. The minimum absolute atomic E-state index is 0.0400. The van der Waals surface area contributed by atoms with Crippen molar-refractivity contribution in [3.05, 3.63) is 59.2 Å². The third-order valence-corrected chi connectivity index (χ3v) is 3.69. The van der Waals surface area contributed by atoms with Crippen LogP contribution in [0.5, 0.6) is 0 Å². The first kappa shape index (κ1) is 16.0. The van der Waals surface area contributed by atoms with Gasteiger partial charge in [-0.1, -0.05) is 6.07 Å². The van der Waals surface area contributed by atoms with Gasteiger partial charge in [-0.25, -0.2) is 9.37 Å². The summed E-state index contributed by atoms with van der Waals surface area (Å²) in [5.74, 6) is -1.91. The summed E-state index contributed by atoms with van der Waals surface area (Å²) in [5.41, 5.74) is 3.56. The van der Waals surface area contributed by atoms with Crippen LogP contribution in [0.3, 0.4) is 0 Å². The number of hydrogen-bond acceptors (Lipinski definition) is 2. The highest BCUT2D eigenvalue weighted by Gasteiger charge is 2.39. The molecular weight excluding hydrogens is 326 g/mol. The SMILES string of the molecule is Cc1c(C(F)(F)F)n(-c2ccccn2)c2c(C(N)=O)cc(F)cc12. The van der Waals surface area contributed by atoms with Crippen molar-refractivity contribution in [2.45, 2.75) is 13.1 Å². The van der Waals surface area contributed by atoms with Gasteiger partial charge in [0.25, 0.3) is 5.91 Å². The van der Waals surface area contributed by atoms with Crippen molar-refractivity contribution in [1.29, 1.82) is 0 Å². The molecule has 0 saturated carbocycles. The van der Waals surface area contributed by atoms with E-state index in [2.05, 4.69) is 4.98 Å². The highest BCUT2D eigenvalue weighted by atomic mass is 19.4. The van der Waals surface area contributed by atoms with Crippen molar-refractivity contribution < 1.29 is 22.4 Å².